The Morgan fingerprint density at radius 1 is 1.06 bits per heavy atom. The van der Waals surface area contributed by atoms with Gasteiger partial charge in [0, 0.05) is 5.92 Å². The van der Waals surface area contributed by atoms with Gasteiger partial charge in [-0.3, -0.25) is 0 Å². The van der Waals surface area contributed by atoms with Gasteiger partial charge in [-0.2, -0.15) is 5.70 Å². The fourth-order valence-electron chi connectivity index (χ4n) is 1.38. The van der Waals surface area contributed by atoms with Crippen molar-refractivity contribution in [2.24, 2.45) is 5.92 Å². The summed E-state index contributed by atoms with van der Waals surface area (Å²) in [7, 11) is 0. The van der Waals surface area contributed by atoms with Gasteiger partial charge >= 0.3 is 45.5 Å². The number of nitrogens with zero attached hydrogens (tertiary/aromatic N) is 1. The van der Waals surface area contributed by atoms with Crippen molar-refractivity contribution in [1.29, 1.82) is 0 Å². The third-order valence-electron chi connectivity index (χ3n) is 1.90. The molecule has 16 heavy (non-hydrogen) atoms. The molecule has 0 aromatic carbocycles. The summed E-state index contributed by atoms with van der Waals surface area (Å²) < 4.78 is 0. The Bertz CT molecular complexity index is 240. The number of hydrogen-bond donors (Lipinski definition) is 1. The van der Waals surface area contributed by atoms with Crippen molar-refractivity contribution in [2.75, 3.05) is 0 Å². The van der Waals surface area contributed by atoms with Crippen molar-refractivity contribution in [3.63, 3.8) is 0 Å². The van der Waals surface area contributed by atoms with Gasteiger partial charge in [0.2, 0.25) is 0 Å². The summed E-state index contributed by atoms with van der Waals surface area (Å²) in [4.78, 5) is 3.46. The van der Waals surface area contributed by atoms with Gasteiger partial charge in [-0.05, 0) is 19.9 Å². The molecule has 0 aromatic heterocycles. The van der Waals surface area contributed by atoms with Crippen molar-refractivity contribution in [3.05, 3.63) is 17.1 Å². The molecule has 0 bridgehead atoms. The Labute approximate surface area is 138 Å². The van der Waals surface area contributed by atoms with Gasteiger partial charge < -0.3 is 5.32 Å². The predicted octanol–water partition coefficient (Wildman–Crippen LogP) is 1.88. The largest absolute Gasteiger partial charge is 2.00 e. The Kier molecular flexibility index (Phi) is 11.5. The molecule has 0 saturated carbocycles. The minimum absolute atomic E-state index is 0. The fourth-order valence-corrected chi connectivity index (χ4v) is 1.38. The zero-order chi connectivity index (χ0) is 12.0. The maximum Gasteiger partial charge on any atom is 2.00 e. The summed E-state index contributed by atoms with van der Waals surface area (Å²) in [6.45, 7) is 15.0. The van der Waals surface area contributed by atoms with Gasteiger partial charge in [-0.1, -0.05) is 34.6 Å². The second-order valence-electron chi connectivity index (χ2n) is 4.92. The van der Waals surface area contributed by atoms with Gasteiger partial charge in [0.05, 0.1) is 0 Å². The number of hydrogen-bond acceptors (Lipinski definition) is 0. The predicted molar refractivity (Wildman–Crippen MR) is 73.9 cm³/mol. The Morgan fingerprint density at radius 3 is 1.88 bits per heavy atom. The molecule has 0 unspecified atom stereocenters. The van der Waals surface area contributed by atoms with Crippen LogP contribution in [0.15, 0.2) is 11.8 Å². The number of rotatable bonds is 5. The van der Waals surface area contributed by atoms with E-state index in [4.69, 9.17) is 0 Å². The fraction of sp³-hybridized carbons (Fsp3) is 0.769. The van der Waals surface area contributed by atoms with E-state index in [0.717, 1.165) is 5.70 Å². The third-order valence-corrected chi connectivity index (χ3v) is 1.90. The van der Waals surface area contributed by atoms with E-state index in [1.807, 2.05) is 0 Å². The molecule has 0 aliphatic heterocycles. The van der Waals surface area contributed by atoms with Crippen molar-refractivity contribution in [3.8, 4) is 0 Å². The van der Waals surface area contributed by atoms with Crippen LogP contribution in [0.4, 0.5) is 0 Å². The zero-order valence-electron chi connectivity index (χ0n) is 12.0. The monoisotopic (exact) mass is 298 g/mol. The molecule has 0 atom stereocenters. The first-order valence-corrected chi connectivity index (χ1v) is 5.85. The quantitative estimate of drug-likeness (QED) is 0.593. The second-order valence-corrected chi connectivity index (χ2v) is 4.92. The number of allylic oxidation sites excluding steroid dienone is 2. The van der Waals surface area contributed by atoms with Crippen molar-refractivity contribution >= 4 is 51.2 Å². The van der Waals surface area contributed by atoms with Crippen LogP contribution in [-0.2, 0) is 0 Å². The Hall–Kier alpha value is 0.691. The van der Waals surface area contributed by atoms with Crippen LogP contribution in [0.3, 0.4) is 0 Å². The Balaban J connectivity index is 0. The summed E-state index contributed by atoms with van der Waals surface area (Å²) in [5, 5.41) is 4.51. The molecule has 1 N–H and O–H groups in total. The zero-order valence-corrected chi connectivity index (χ0v) is 15.4. The van der Waals surface area contributed by atoms with E-state index in [2.05, 4.69) is 64.9 Å². The van der Waals surface area contributed by atoms with Crippen LogP contribution in [0.1, 0.15) is 48.5 Å². The normalized spacial score (nSPS) is 13.4. The van der Waals surface area contributed by atoms with Crippen molar-refractivity contribution < 1.29 is 4.99 Å². The van der Waals surface area contributed by atoms with Crippen LogP contribution in [0.2, 0.25) is 0 Å². The molecule has 2 nitrogen and oxygen atoms in total. The molecule has 0 rings (SSSR count). The van der Waals surface area contributed by atoms with Crippen LogP contribution in [-0.4, -0.2) is 63.3 Å². The molecular formula is C13H26N2Sr+2. The minimum Gasteiger partial charge on any atom is -0.686 e. The molecule has 3 heteroatoms. The first kappa shape index (κ1) is 19.0. The van der Waals surface area contributed by atoms with Crippen molar-refractivity contribution in [1.82, 2.24) is 0 Å². The van der Waals surface area contributed by atoms with Gasteiger partial charge in [0.15, 0.2) is 5.71 Å². The smallest absolute Gasteiger partial charge is 0.686 e. The molecule has 0 saturated heterocycles. The molecule has 0 heterocycles. The minimum atomic E-state index is 0. The number of nitrogens with one attached hydrogen (secondary N) is 1. The maximum atomic E-state index is 4.51. The van der Waals surface area contributed by atoms with Gasteiger partial charge in [-0.25, -0.2) is 4.99 Å². The molecular weight excluding hydrogens is 272 g/mol. The van der Waals surface area contributed by atoms with Crippen LogP contribution < -0.4 is 4.99 Å². The van der Waals surface area contributed by atoms with E-state index in [-0.39, 0.29) is 45.5 Å². The first-order chi connectivity index (χ1) is 6.82. The molecule has 0 aliphatic rings. The van der Waals surface area contributed by atoms with E-state index in [9.17, 15) is 0 Å². The topological polar surface area (TPSA) is 28.1 Å². The second kappa shape index (κ2) is 9.69. The van der Waals surface area contributed by atoms with E-state index in [1.54, 1.807) is 0 Å². The van der Waals surface area contributed by atoms with E-state index in [1.165, 1.54) is 5.71 Å². The van der Waals surface area contributed by atoms with E-state index in [0.29, 0.717) is 18.0 Å². The van der Waals surface area contributed by atoms with Gasteiger partial charge in [0.25, 0.3) is 0 Å². The van der Waals surface area contributed by atoms with Gasteiger partial charge in [0.1, 0.15) is 6.04 Å². The summed E-state index contributed by atoms with van der Waals surface area (Å²) in [5.74, 6) is 0.518. The molecule has 0 radical (unpaired) electrons. The van der Waals surface area contributed by atoms with Crippen LogP contribution >= 0.6 is 0 Å². The van der Waals surface area contributed by atoms with E-state index >= 15 is 0 Å². The molecule has 0 spiro atoms. The molecule has 0 aliphatic carbocycles. The average molecular weight is 298 g/mol. The standard InChI is InChI=1S/C13H25N2.Sr/c1-9(2)13(15-11(5)6)8-12(7)14-10(3)4;/h8-11H,1-7H3;/q-1;+2/p+1/b12-8-,15-13?;. The van der Waals surface area contributed by atoms with Crippen LogP contribution in [0.5, 0.6) is 0 Å². The summed E-state index contributed by atoms with van der Waals surface area (Å²) in [5.41, 5.74) is 2.37. The summed E-state index contributed by atoms with van der Waals surface area (Å²) in [6, 6.07) is 0.846. The first-order valence-electron chi connectivity index (χ1n) is 5.85. The Morgan fingerprint density at radius 2 is 1.56 bits per heavy atom. The van der Waals surface area contributed by atoms with Crippen molar-refractivity contribution in [2.45, 2.75) is 60.5 Å². The summed E-state index contributed by atoms with van der Waals surface area (Å²) in [6.07, 6.45) is 2.16. The van der Waals surface area contributed by atoms with Crippen LogP contribution in [0.25, 0.3) is 5.32 Å². The third kappa shape index (κ3) is 9.88. The van der Waals surface area contributed by atoms with Crippen LogP contribution in [0, 0.1) is 5.92 Å². The van der Waals surface area contributed by atoms with E-state index < -0.39 is 0 Å². The molecule has 0 aromatic rings. The average Bonchev–Trinajstić information content (AvgIpc) is 1.99. The summed E-state index contributed by atoms with van der Waals surface area (Å²) >= 11 is 0. The molecule has 88 valence electrons. The molecule has 0 amide bonds. The maximum absolute atomic E-state index is 4.51. The van der Waals surface area contributed by atoms with Gasteiger partial charge in [-0.15, -0.1) is 6.04 Å². The SMILES string of the molecule is C/C(=C/C(=[NH+]C(C)C)C(C)C)[N-]C(C)C.[Sr+2]. The molecule has 0 fully saturated rings.